The predicted octanol–water partition coefficient (Wildman–Crippen LogP) is 2.27. The van der Waals surface area contributed by atoms with E-state index < -0.39 is 5.97 Å². The van der Waals surface area contributed by atoms with E-state index in [1.54, 1.807) is 6.07 Å². The molecule has 0 aromatic heterocycles. The van der Waals surface area contributed by atoms with Crippen molar-refractivity contribution < 1.29 is 19.1 Å². The number of carbonyl (C=O) groups is 3. The number of benzene rings is 1. The molecule has 2 rings (SSSR count). The third-order valence-electron chi connectivity index (χ3n) is 2.25. The second-order valence-electron chi connectivity index (χ2n) is 3.46. The molecule has 0 radical (unpaired) electrons. The first kappa shape index (κ1) is 11.7. The SMILES string of the molecule is CC(=O)Oc1cccc2c1C(=O)C(Br)=CC2=O. The van der Waals surface area contributed by atoms with Crippen LogP contribution in [-0.2, 0) is 4.79 Å². The number of allylic oxidation sites excluding steroid dienone is 2. The number of halogens is 1. The van der Waals surface area contributed by atoms with Gasteiger partial charge < -0.3 is 4.74 Å². The Balaban J connectivity index is 2.63. The Hall–Kier alpha value is -1.75. The number of Topliss-reactive ketones (excluding diaryl/α,β-unsaturated/α-hetero) is 1. The van der Waals surface area contributed by atoms with Gasteiger partial charge in [-0.15, -0.1) is 0 Å². The van der Waals surface area contributed by atoms with Gasteiger partial charge in [-0.25, -0.2) is 0 Å². The summed E-state index contributed by atoms with van der Waals surface area (Å²) in [4.78, 5) is 34.5. The Morgan fingerprint density at radius 2 is 2.00 bits per heavy atom. The molecule has 0 saturated heterocycles. The molecule has 0 unspecified atom stereocenters. The minimum Gasteiger partial charge on any atom is -0.426 e. The topological polar surface area (TPSA) is 60.4 Å². The second-order valence-corrected chi connectivity index (χ2v) is 4.31. The summed E-state index contributed by atoms with van der Waals surface area (Å²) in [6.45, 7) is 1.24. The largest absolute Gasteiger partial charge is 0.426 e. The Morgan fingerprint density at radius 3 is 2.65 bits per heavy atom. The molecule has 0 heterocycles. The highest BCUT2D eigenvalue weighted by molar-refractivity contribution is 9.12. The number of carbonyl (C=O) groups excluding carboxylic acids is 3. The van der Waals surface area contributed by atoms with E-state index in [0.29, 0.717) is 0 Å². The summed E-state index contributed by atoms with van der Waals surface area (Å²) in [6, 6.07) is 4.57. The van der Waals surface area contributed by atoms with Crippen LogP contribution < -0.4 is 4.74 Å². The fraction of sp³-hybridized carbons (Fsp3) is 0.0833. The summed E-state index contributed by atoms with van der Waals surface area (Å²) < 4.78 is 5.08. The lowest BCUT2D eigenvalue weighted by molar-refractivity contribution is -0.131. The predicted molar refractivity (Wildman–Crippen MR) is 63.4 cm³/mol. The van der Waals surface area contributed by atoms with Gasteiger partial charge in [-0.05, 0) is 22.0 Å². The highest BCUT2D eigenvalue weighted by atomic mass is 79.9. The van der Waals surface area contributed by atoms with Crippen LogP contribution in [0.15, 0.2) is 28.8 Å². The molecule has 17 heavy (non-hydrogen) atoms. The van der Waals surface area contributed by atoms with Crippen LogP contribution in [0, 0.1) is 0 Å². The van der Waals surface area contributed by atoms with E-state index >= 15 is 0 Å². The molecule has 0 bridgehead atoms. The van der Waals surface area contributed by atoms with Crippen molar-refractivity contribution in [2.24, 2.45) is 0 Å². The quantitative estimate of drug-likeness (QED) is 0.589. The lowest BCUT2D eigenvalue weighted by Gasteiger charge is -2.14. The van der Waals surface area contributed by atoms with E-state index in [4.69, 9.17) is 4.74 Å². The standard InChI is InChI=1S/C12H7BrO4/c1-6(14)17-10-4-2-3-7-9(15)5-8(13)12(16)11(7)10/h2-5H,1H3. The van der Waals surface area contributed by atoms with Crippen molar-refractivity contribution in [2.45, 2.75) is 6.92 Å². The summed E-state index contributed by atoms with van der Waals surface area (Å²) in [7, 11) is 0. The molecular formula is C12H7BrO4. The maximum atomic E-state index is 11.9. The fourth-order valence-corrected chi connectivity index (χ4v) is 1.99. The first-order valence-corrected chi connectivity index (χ1v) is 5.57. The van der Waals surface area contributed by atoms with E-state index in [9.17, 15) is 14.4 Å². The molecule has 1 aromatic carbocycles. The Bertz CT molecular complexity index is 572. The van der Waals surface area contributed by atoms with Crippen LogP contribution >= 0.6 is 15.9 Å². The molecular weight excluding hydrogens is 288 g/mol. The maximum absolute atomic E-state index is 11.9. The minimum absolute atomic E-state index is 0.110. The Kier molecular flexibility index (Phi) is 2.93. The second kappa shape index (κ2) is 4.25. The van der Waals surface area contributed by atoms with Gasteiger partial charge in [0, 0.05) is 18.6 Å². The molecule has 0 amide bonds. The van der Waals surface area contributed by atoms with Gasteiger partial charge in [0.2, 0.25) is 5.78 Å². The molecule has 1 aliphatic carbocycles. The van der Waals surface area contributed by atoms with Gasteiger partial charge in [0.15, 0.2) is 5.78 Å². The van der Waals surface area contributed by atoms with Gasteiger partial charge in [0.25, 0.3) is 0 Å². The van der Waals surface area contributed by atoms with Gasteiger partial charge in [0.1, 0.15) is 5.75 Å². The van der Waals surface area contributed by atoms with Gasteiger partial charge >= 0.3 is 5.97 Å². The van der Waals surface area contributed by atoms with Crippen molar-refractivity contribution in [1.82, 2.24) is 0 Å². The summed E-state index contributed by atoms with van der Waals surface area (Å²) in [5, 5.41) is 0. The zero-order valence-corrected chi connectivity index (χ0v) is 10.4. The van der Waals surface area contributed by atoms with E-state index in [-0.39, 0.29) is 32.9 Å². The Morgan fingerprint density at radius 1 is 1.29 bits per heavy atom. The summed E-state index contributed by atoms with van der Waals surface area (Å²) in [5.41, 5.74) is 0.374. The number of hydrogen-bond acceptors (Lipinski definition) is 4. The van der Waals surface area contributed by atoms with Crippen LogP contribution in [0.1, 0.15) is 27.6 Å². The van der Waals surface area contributed by atoms with Crippen LogP contribution in [0.4, 0.5) is 0 Å². The van der Waals surface area contributed by atoms with Crippen LogP contribution in [0.2, 0.25) is 0 Å². The van der Waals surface area contributed by atoms with E-state index in [1.165, 1.54) is 25.1 Å². The van der Waals surface area contributed by atoms with Gasteiger partial charge in [-0.2, -0.15) is 0 Å². The molecule has 1 aromatic rings. The van der Waals surface area contributed by atoms with Crippen molar-refractivity contribution in [3.05, 3.63) is 39.9 Å². The van der Waals surface area contributed by atoms with Crippen molar-refractivity contribution in [3.8, 4) is 5.75 Å². The smallest absolute Gasteiger partial charge is 0.308 e. The monoisotopic (exact) mass is 294 g/mol. The lowest BCUT2D eigenvalue weighted by Crippen LogP contribution is -2.17. The zero-order valence-electron chi connectivity index (χ0n) is 8.82. The number of ketones is 2. The first-order valence-electron chi connectivity index (χ1n) is 4.78. The van der Waals surface area contributed by atoms with Crippen LogP contribution in [0.5, 0.6) is 5.75 Å². The summed E-state index contributed by atoms with van der Waals surface area (Å²) in [5.74, 6) is -1.08. The average Bonchev–Trinajstić information content (AvgIpc) is 2.25. The molecule has 0 aliphatic heterocycles. The molecule has 0 spiro atoms. The van der Waals surface area contributed by atoms with Crippen molar-refractivity contribution in [3.63, 3.8) is 0 Å². The molecule has 1 aliphatic rings. The van der Waals surface area contributed by atoms with Gasteiger partial charge in [0.05, 0.1) is 10.0 Å². The van der Waals surface area contributed by atoms with E-state index in [2.05, 4.69) is 15.9 Å². The number of esters is 1. The number of hydrogen-bond donors (Lipinski definition) is 0. The van der Waals surface area contributed by atoms with E-state index in [1.807, 2.05) is 0 Å². The van der Waals surface area contributed by atoms with Crippen molar-refractivity contribution >= 4 is 33.5 Å². The summed E-state index contributed by atoms with van der Waals surface area (Å²) in [6.07, 6.45) is 1.21. The molecule has 5 heteroatoms. The minimum atomic E-state index is -0.538. The number of ether oxygens (including phenoxy) is 1. The van der Waals surface area contributed by atoms with Crippen molar-refractivity contribution in [2.75, 3.05) is 0 Å². The van der Waals surface area contributed by atoms with Crippen molar-refractivity contribution in [1.29, 1.82) is 0 Å². The molecule has 86 valence electrons. The maximum Gasteiger partial charge on any atom is 0.308 e. The van der Waals surface area contributed by atoms with Gasteiger partial charge in [-0.1, -0.05) is 12.1 Å². The van der Waals surface area contributed by atoms with Crippen LogP contribution in [0.3, 0.4) is 0 Å². The fourth-order valence-electron chi connectivity index (χ4n) is 1.59. The average molecular weight is 295 g/mol. The normalized spacial score (nSPS) is 14.1. The number of fused-ring (bicyclic) bond motifs is 1. The first-order chi connectivity index (χ1) is 8.00. The summed E-state index contributed by atoms with van der Waals surface area (Å²) >= 11 is 3.01. The molecule has 0 saturated carbocycles. The highest BCUT2D eigenvalue weighted by Crippen LogP contribution is 2.31. The highest BCUT2D eigenvalue weighted by Gasteiger charge is 2.28. The molecule has 0 N–H and O–H groups in total. The third-order valence-corrected chi connectivity index (χ3v) is 2.84. The molecule has 0 fully saturated rings. The molecule has 0 atom stereocenters. The molecule has 4 nitrogen and oxygen atoms in total. The van der Waals surface area contributed by atoms with Gasteiger partial charge in [-0.3, -0.25) is 14.4 Å². The van der Waals surface area contributed by atoms with Crippen LogP contribution in [-0.4, -0.2) is 17.5 Å². The Labute approximate surface area is 105 Å². The van der Waals surface area contributed by atoms with Crippen LogP contribution in [0.25, 0.3) is 0 Å². The van der Waals surface area contributed by atoms with E-state index in [0.717, 1.165) is 0 Å². The zero-order chi connectivity index (χ0) is 12.6. The number of rotatable bonds is 1. The third kappa shape index (κ3) is 2.06. The lowest BCUT2D eigenvalue weighted by atomic mass is 9.94.